The van der Waals surface area contributed by atoms with Gasteiger partial charge in [0.05, 0.1) is 15.9 Å². The van der Waals surface area contributed by atoms with Gasteiger partial charge in [0.2, 0.25) is 0 Å². The first-order valence-corrected chi connectivity index (χ1v) is 9.04. The third-order valence-corrected chi connectivity index (χ3v) is 5.99. The molecule has 3 rings (SSSR count). The highest BCUT2D eigenvalue weighted by atomic mass is 79.9. The van der Waals surface area contributed by atoms with Crippen LogP contribution in [0.4, 0.5) is 0 Å². The molecule has 2 atom stereocenters. The van der Waals surface area contributed by atoms with Gasteiger partial charge in [0.1, 0.15) is 0 Å². The zero-order chi connectivity index (χ0) is 15.0. The van der Waals surface area contributed by atoms with E-state index < -0.39 is 0 Å². The summed E-state index contributed by atoms with van der Waals surface area (Å²) in [5.74, 6) is 0.910. The van der Waals surface area contributed by atoms with Crippen molar-refractivity contribution in [3.8, 4) is 0 Å². The molecule has 21 heavy (non-hydrogen) atoms. The first-order chi connectivity index (χ1) is 10.1. The van der Waals surface area contributed by atoms with Crippen LogP contribution in [-0.2, 0) is 13.6 Å². The topological polar surface area (TPSA) is 33.1 Å². The predicted molar refractivity (Wildman–Crippen MR) is 89.3 cm³/mol. The van der Waals surface area contributed by atoms with Crippen LogP contribution in [0.3, 0.4) is 0 Å². The summed E-state index contributed by atoms with van der Waals surface area (Å²) in [4.78, 5) is 2.70. The van der Waals surface area contributed by atoms with E-state index in [1.807, 2.05) is 4.68 Å². The van der Waals surface area contributed by atoms with Crippen LogP contribution in [0.25, 0.3) is 0 Å². The monoisotopic (exact) mass is 354 g/mol. The molecule has 1 aromatic rings. The Morgan fingerprint density at radius 2 is 2.14 bits per heavy atom. The molecule has 1 aliphatic carbocycles. The molecule has 0 spiro atoms. The summed E-state index contributed by atoms with van der Waals surface area (Å²) in [7, 11) is 2.06. The summed E-state index contributed by atoms with van der Waals surface area (Å²) in [6.07, 6.45) is 5.35. The number of piperazine rings is 1. The van der Waals surface area contributed by atoms with Crippen LogP contribution < -0.4 is 5.32 Å². The van der Waals surface area contributed by atoms with Gasteiger partial charge in [0.25, 0.3) is 0 Å². The third kappa shape index (κ3) is 3.35. The second-order valence-electron chi connectivity index (χ2n) is 6.70. The summed E-state index contributed by atoms with van der Waals surface area (Å²) in [6.45, 7) is 7.69. The Morgan fingerprint density at radius 1 is 1.38 bits per heavy atom. The lowest BCUT2D eigenvalue weighted by Gasteiger charge is -2.41. The number of hydrogen-bond donors (Lipinski definition) is 1. The lowest BCUT2D eigenvalue weighted by Crippen LogP contribution is -2.56. The summed E-state index contributed by atoms with van der Waals surface area (Å²) in [5.41, 5.74) is 2.41. The van der Waals surface area contributed by atoms with Gasteiger partial charge in [-0.2, -0.15) is 5.10 Å². The molecule has 2 aliphatic rings. The maximum atomic E-state index is 4.54. The largest absolute Gasteiger partial charge is 0.311 e. The molecule has 2 unspecified atom stereocenters. The number of aromatic nitrogens is 2. The van der Waals surface area contributed by atoms with E-state index in [-0.39, 0.29) is 0 Å². The van der Waals surface area contributed by atoms with Crippen molar-refractivity contribution < 1.29 is 0 Å². The van der Waals surface area contributed by atoms with E-state index in [0.29, 0.717) is 12.1 Å². The summed E-state index contributed by atoms with van der Waals surface area (Å²) >= 11 is 3.72. The minimum absolute atomic E-state index is 0.651. The van der Waals surface area contributed by atoms with Gasteiger partial charge in [-0.3, -0.25) is 9.58 Å². The SMILES string of the molecule is CCCC1CN(Cc2c(Br)c(C)nn2C)C(C2CC2)CN1. The highest BCUT2D eigenvalue weighted by molar-refractivity contribution is 9.10. The molecule has 0 amide bonds. The number of halogens is 1. The fraction of sp³-hybridized carbons (Fsp3) is 0.812. The average molecular weight is 355 g/mol. The highest BCUT2D eigenvalue weighted by Crippen LogP contribution is 2.37. The van der Waals surface area contributed by atoms with Gasteiger partial charge in [0, 0.05) is 38.8 Å². The van der Waals surface area contributed by atoms with Gasteiger partial charge in [0.15, 0.2) is 0 Å². The summed E-state index contributed by atoms with van der Waals surface area (Å²) in [5, 5.41) is 8.31. The Hall–Kier alpha value is -0.390. The first kappa shape index (κ1) is 15.5. The van der Waals surface area contributed by atoms with E-state index in [1.165, 1.54) is 42.4 Å². The second-order valence-corrected chi connectivity index (χ2v) is 7.49. The van der Waals surface area contributed by atoms with E-state index in [1.54, 1.807) is 0 Å². The number of aryl methyl sites for hydroxylation is 2. The van der Waals surface area contributed by atoms with E-state index in [0.717, 1.165) is 24.7 Å². The Labute approximate surface area is 136 Å². The molecule has 118 valence electrons. The van der Waals surface area contributed by atoms with Crippen molar-refractivity contribution in [2.24, 2.45) is 13.0 Å². The molecule has 4 nitrogen and oxygen atoms in total. The van der Waals surface area contributed by atoms with Crippen molar-refractivity contribution in [3.63, 3.8) is 0 Å². The van der Waals surface area contributed by atoms with Gasteiger partial charge < -0.3 is 5.32 Å². The molecule has 1 N–H and O–H groups in total. The molecular formula is C16H27BrN4. The Kier molecular flexibility index (Phi) is 4.71. The average Bonchev–Trinajstić information content (AvgIpc) is 3.25. The molecule has 1 saturated carbocycles. The van der Waals surface area contributed by atoms with Gasteiger partial charge in [-0.05, 0) is 48.0 Å². The summed E-state index contributed by atoms with van der Waals surface area (Å²) < 4.78 is 3.23. The van der Waals surface area contributed by atoms with Crippen LogP contribution in [0.5, 0.6) is 0 Å². The van der Waals surface area contributed by atoms with Crippen LogP contribution in [0.2, 0.25) is 0 Å². The normalized spacial score (nSPS) is 27.2. The van der Waals surface area contributed by atoms with Crippen LogP contribution in [0.15, 0.2) is 4.47 Å². The van der Waals surface area contributed by atoms with E-state index in [2.05, 4.69) is 52.1 Å². The van der Waals surface area contributed by atoms with Gasteiger partial charge in [-0.15, -0.1) is 0 Å². The minimum atomic E-state index is 0.651. The number of hydrogen-bond acceptors (Lipinski definition) is 3. The van der Waals surface area contributed by atoms with Gasteiger partial charge >= 0.3 is 0 Å². The molecule has 2 fully saturated rings. The Morgan fingerprint density at radius 3 is 2.71 bits per heavy atom. The van der Waals surface area contributed by atoms with Gasteiger partial charge in [-0.25, -0.2) is 0 Å². The van der Waals surface area contributed by atoms with Crippen molar-refractivity contribution in [3.05, 3.63) is 15.9 Å². The molecular weight excluding hydrogens is 328 g/mol. The van der Waals surface area contributed by atoms with Crippen molar-refractivity contribution in [1.29, 1.82) is 0 Å². The lowest BCUT2D eigenvalue weighted by molar-refractivity contribution is 0.101. The van der Waals surface area contributed by atoms with Crippen LogP contribution in [-0.4, -0.2) is 39.9 Å². The molecule has 1 aromatic heterocycles. The van der Waals surface area contributed by atoms with Crippen molar-refractivity contribution in [2.45, 2.75) is 58.2 Å². The van der Waals surface area contributed by atoms with E-state index in [4.69, 9.17) is 0 Å². The lowest BCUT2D eigenvalue weighted by atomic mass is 10.0. The zero-order valence-corrected chi connectivity index (χ0v) is 15.0. The molecule has 2 heterocycles. The van der Waals surface area contributed by atoms with Gasteiger partial charge in [-0.1, -0.05) is 13.3 Å². The molecule has 0 radical (unpaired) electrons. The molecule has 0 bridgehead atoms. The smallest absolute Gasteiger partial charge is 0.0739 e. The van der Waals surface area contributed by atoms with Crippen LogP contribution in [0, 0.1) is 12.8 Å². The van der Waals surface area contributed by atoms with E-state index in [9.17, 15) is 0 Å². The Bertz CT molecular complexity index is 495. The number of nitrogens with zero attached hydrogens (tertiary/aromatic N) is 3. The quantitative estimate of drug-likeness (QED) is 0.882. The molecule has 1 saturated heterocycles. The molecule has 5 heteroatoms. The predicted octanol–water partition coefficient (Wildman–Crippen LogP) is 2.84. The van der Waals surface area contributed by atoms with Crippen LogP contribution >= 0.6 is 15.9 Å². The first-order valence-electron chi connectivity index (χ1n) is 8.25. The van der Waals surface area contributed by atoms with Crippen molar-refractivity contribution >= 4 is 15.9 Å². The fourth-order valence-corrected chi connectivity index (χ4v) is 4.07. The second kappa shape index (κ2) is 6.39. The van der Waals surface area contributed by atoms with Crippen molar-refractivity contribution in [1.82, 2.24) is 20.0 Å². The number of nitrogens with one attached hydrogen (secondary N) is 1. The Balaban J connectivity index is 1.75. The van der Waals surface area contributed by atoms with Crippen LogP contribution in [0.1, 0.15) is 44.0 Å². The zero-order valence-electron chi connectivity index (χ0n) is 13.4. The maximum absolute atomic E-state index is 4.54. The van der Waals surface area contributed by atoms with Crippen molar-refractivity contribution in [2.75, 3.05) is 13.1 Å². The fourth-order valence-electron chi connectivity index (χ4n) is 3.61. The standard InChI is InChI=1S/C16H27BrN4/c1-4-5-13-9-21(14(8-18-13)12-6-7-12)10-15-16(17)11(2)19-20(15)3/h12-14,18H,4-10H2,1-3H3. The molecule has 0 aromatic carbocycles. The highest BCUT2D eigenvalue weighted by Gasteiger charge is 2.39. The minimum Gasteiger partial charge on any atom is -0.311 e. The summed E-state index contributed by atoms with van der Waals surface area (Å²) in [6, 6.07) is 1.36. The maximum Gasteiger partial charge on any atom is 0.0739 e. The number of rotatable bonds is 5. The molecule has 1 aliphatic heterocycles. The third-order valence-electron chi connectivity index (χ3n) is 4.96. The van der Waals surface area contributed by atoms with E-state index >= 15 is 0 Å².